The molecule has 4 amide bonds. The van der Waals surface area contributed by atoms with Crippen LogP contribution in [-0.4, -0.2) is 160 Å². The Morgan fingerprint density at radius 2 is 1.04 bits per heavy atom. The smallest absolute Gasteiger partial charge is 0.488 e. The predicted molar refractivity (Wildman–Crippen MR) is 354 cm³/mol. The summed E-state index contributed by atoms with van der Waals surface area (Å²) in [5.74, 6) is 1.39. The predicted octanol–water partition coefficient (Wildman–Crippen LogP) is 11.4. The molecule has 0 bridgehead atoms. The van der Waals surface area contributed by atoms with Gasteiger partial charge in [-0.2, -0.15) is 0 Å². The highest BCUT2D eigenvalue weighted by molar-refractivity contribution is 9.10. The van der Waals surface area contributed by atoms with Gasteiger partial charge in [-0.25, -0.2) is 28.3 Å². The van der Waals surface area contributed by atoms with Gasteiger partial charge in [-0.05, 0) is 174 Å². The fraction of sp³-hybridized carbons (Fsp3) is 0.559. The molecule has 2 saturated carbocycles. The molecule has 2 aliphatic carbocycles. The summed E-state index contributed by atoms with van der Waals surface area (Å²) in [6, 6.07) is 19.3. The first-order valence-corrected chi connectivity index (χ1v) is 33.2. The average molecular weight is 1330 g/mol. The third kappa shape index (κ3) is 15.4. The van der Waals surface area contributed by atoms with Crippen molar-refractivity contribution in [3.05, 3.63) is 89.4 Å². The number of imidazole rings is 2. The Balaban J connectivity index is 0.000000149. The van der Waals surface area contributed by atoms with Crippen LogP contribution >= 0.6 is 15.9 Å². The second-order valence-electron chi connectivity index (χ2n) is 28.4. The molecule has 0 radical (unpaired) electrons. The number of ether oxygens (including phenoxy) is 4. The van der Waals surface area contributed by atoms with Crippen molar-refractivity contribution >= 4 is 86.0 Å². The number of hydrogen-bond acceptors (Lipinski definition) is 14. The highest BCUT2D eigenvalue weighted by atomic mass is 79.9. The fourth-order valence-electron chi connectivity index (χ4n) is 12.1. The van der Waals surface area contributed by atoms with Gasteiger partial charge < -0.3 is 67.6 Å². The van der Waals surface area contributed by atoms with Crippen molar-refractivity contribution in [2.45, 2.75) is 168 Å². The number of fused-ring (bicyclic) bond motifs is 2. The van der Waals surface area contributed by atoms with Crippen LogP contribution in [0.4, 0.5) is 29.7 Å². The van der Waals surface area contributed by atoms with Gasteiger partial charge in [0.2, 0.25) is 11.8 Å². The van der Waals surface area contributed by atoms with Gasteiger partial charge in [0.05, 0.1) is 46.3 Å². The van der Waals surface area contributed by atoms with E-state index in [1.807, 2.05) is 142 Å². The monoisotopic (exact) mass is 1330 g/mol. The molecule has 5 saturated heterocycles. The third-order valence-electron chi connectivity index (χ3n) is 18.4. The van der Waals surface area contributed by atoms with Crippen LogP contribution in [0.25, 0.3) is 33.2 Å². The van der Waals surface area contributed by atoms with Crippen molar-refractivity contribution in [2.75, 3.05) is 75.2 Å². The number of aromatic nitrogens is 4. The summed E-state index contributed by atoms with van der Waals surface area (Å²) in [6.45, 7) is 28.4. The minimum atomic E-state index is -0.590. The minimum Gasteiger partial charge on any atom is -0.488 e. The number of anilines is 2. The van der Waals surface area contributed by atoms with Gasteiger partial charge in [0.1, 0.15) is 57.6 Å². The number of amides is 4. The van der Waals surface area contributed by atoms with E-state index in [1.165, 1.54) is 18.9 Å². The van der Waals surface area contributed by atoms with Gasteiger partial charge in [0, 0.05) is 107 Å². The Labute approximate surface area is 546 Å². The van der Waals surface area contributed by atoms with Crippen LogP contribution < -0.4 is 35.4 Å². The molecule has 7 heterocycles. The van der Waals surface area contributed by atoms with Gasteiger partial charge in [0.15, 0.2) is 0 Å². The number of halogens is 3. The fourth-order valence-corrected chi connectivity index (χ4v) is 12.5. The molecule has 4 aromatic carbocycles. The van der Waals surface area contributed by atoms with Crippen LogP contribution in [0, 0.1) is 23.5 Å². The Kier molecular flexibility index (Phi) is 19.0. The number of piperazine rings is 2. The largest absolute Gasteiger partial charge is 0.494 e. The van der Waals surface area contributed by atoms with Gasteiger partial charge in [-0.3, -0.25) is 9.59 Å². The van der Waals surface area contributed by atoms with E-state index in [0.29, 0.717) is 113 Å². The number of rotatable bonds is 12. The normalized spacial score (nSPS) is 21.3. The zero-order valence-corrected chi connectivity index (χ0v) is 56.7. The van der Waals surface area contributed by atoms with Crippen LogP contribution in [0.3, 0.4) is 0 Å². The second-order valence-corrected chi connectivity index (χ2v) is 29.4. The number of hydrogen-bond donors (Lipinski definition) is 2. The van der Waals surface area contributed by atoms with Crippen molar-refractivity contribution in [1.82, 2.24) is 39.5 Å². The molecule has 24 heteroatoms. The summed E-state index contributed by atoms with van der Waals surface area (Å²) in [7, 11) is -0.590. The van der Waals surface area contributed by atoms with E-state index in [0.717, 1.165) is 56.3 Å². The van der Waals surface area contributed by atoms with Crippen LogP contribution in [0.5, 0.6) is 11.5 Å². The Morgan fingerprint density at radius 3 is 1.46 bits per heavy atom. The first kappa shape index (κ1) is 66.3. The molecule has 7 fully saturated rings. The lowest BCUT2D eigenvalue weighted by Crippen LogP contribution is -2.50. The van der Waals surface area contributed by atoms with Crippen LogP contribution in [-0.2, 0) is 28.4 Å². The van der Waals surface area contributed by atoms with E-state index in [-0.39, 0.29) is 59.7 Å². The molecule has 494 valence electrons. The van der Waals surface area contributed by atoms with Crippen molar-refractivity contribution in [3.8, 4) is 22.6 Å². The standard InChI is InChI=1S/C31H38FN5O4.C21H32BFN2O4.C16H18BrN3O2/c1-19(22-16-28(38)33-17-22)40-27-15-21(14-25-29(27)37(18-34-25)23-6-7-23)20-5-8-26(24(32)13-20)35-9-11-36(12-10-35)30(39)41-31(2,3)4;1-19(2,3)27-18(26)25-12-10-24(11-13-25)17-9-8-15(14-16(17)23)22-28-20(4,5)21(6,7)29-22;1-9(10-4-15(21)18-7-10)22-14-6-11(17)5-13-16(14)20(8-19-13)12-2-3-12/h5,8,13-15,18-19,22-23H,6-7,9-12,16-17H2,1-4H3,(H,33,38);8-9,14H,10-13H2,1-7H3;5-6,8-10,12H,2-4,7H2,1H3,(H,18,21)/t19-,22-;;9-,10-/m1.1/s1. The number of nitrogens with zero attached hydrogens (tertiary/aromatic N) is 8. The number of carbonyl (C=O) groups is 4. The molecule has 13 rings (SSSR count). The summed E-state index contributed by atoms with van der Waals surface area (Å²) in [5.41, 5.74) is 5.01. The van der Waals surface area contributed by atoms with Crippen molar-refractivity contribution in [3.63, 3.8) is 0 Å². The number of carbonyl (C=O) groups excluding carboxylic acids is 4. The number of benzene rings is 4. The third-order valence-corrected chi connectivity index (χ3v) is 18.9. The summed E-state index contributed by atoms with van der Waals surface area (Å²) in [5, 5.41) is 5.77. The minimum absolute atomic E-state index is 0.0148. The maximum absolute atomic E-state index is 15.5. The van der Waals surface area contributed by atoms with E-state index in [1.54, 1.807) is 28.0 Å². The molecule has 2 N–H and O–H groups in total. The maximum atomic E-state index is 15.5. The zero-order valence-electron chi connectivity index (χ0n) is 55.1. The Morgan fingerprint density at radius 1 is 0.609 bits per heavy atom. The molecule has 6 aromatic rings. The van der Waals surface area contributed by atoms with Gasteiger partial charge >= 0.3 is 19.3 Å². The Bertz CT molecular complexity index is 3700. The van der Waals surface area contributed by atoms with Crippen molar-refractivity contribution < 1.29 is 56.2 Å². The Hall–Kier alpha value is -7.18. The summed E-state index contributed by atoms with van der Waals surface area (Å²) in [4.78, 5) is 64.2. The van der Waals surface area contributed by atoms with Gasteiger partial charge in [0.25, 0.3) is 0 Å². The van der Waals surface area contributed by atoms with E-state index >= 15 is 4.39 Å². The lowest BCUT2D eigenvalue weighted by atomic mass is 9.79. The highest BCUT2D eigenvalue weighted by Gasteiger charge is 2.52. The topological polar surface area (TPSA) is 196 Å². The molecule has 0 unspecified atom stereocenters. The molecule has 20 nitrogen and oxygen atoms in total. The van der Waals surface area contributed by atoms with Gasteiger partial charge in [-0.15, -0.1) is 0 Å². The highest BCUT2D eigenvalue weighted by Crippen LogP contribution is 2.44. The molecule has 7 aliphatic rings. The molecule has 5 aliphatic heterocycles. The lowest BCUT2D eigenvalue weighted by molar-refractivity contribution is -0.120. The quantitative estimate of drug-likeness (QED) is 0.110. The van der Waals surface area contributed by atoms with E-state index in [9.17, 15) is 23.6 Å². The molecular weight excluding hydrogens is 1250 g/mol. The summed E-state index contributed by atoms with van der Waals surface area (Å²) >= 11 is 3.53. The van der Waals surface area contributed by atoms with Crippen LogP contribution in [0.1, 0.15) is 134 Å². The van der Waals surface area contributed by atoms with Crippen molar-refractivity contribution in [1.29, 1.82) is 0 Å². The molecule has 0 spiro atoms. The van der Waals surface area contributed by atoms with Gasteiger partial charge in [-0.1, -0.05) is 28.1 Å². The van der Waals surface area contributed by atoms with E-state index < -0.39 is 29.5 Å². The first-order valence-electron chi connectivity index (χ1n) is 32.4. The van der Waals surface area contributed by atoms with E-state index in [4.69, 9.17) is 28.3 Å². The summed E-state index contributed by atoms with van der Waals surface area (Å²) in [6.07, 6.45) is 8.55. The second kappa shape index (κ2) is 26.3. The summed E-state index contributed by atoms with van der Waals surface area (Å²) < 4.78 is 71.5. The average Bonchev–Trinajstić information content (AvgIpc) is 1.62. The zero-order chi connectivity index (χ0) is 65.8. The van der Waals surface area contributed by atoms with Crippen molar-refractivity contribution in [2.24, 2.45) is 11.8 Å². The first-order chi connectivity index (χ1) is 43.5. The lowest BCUT2D eigenvalue weighted by Gasteiger charge is -2.36. The van der Waals surface area contributed by atoms with E-state index in [2.05, 4.69) is 45.7 Å². The maximum Gasteiger partial charge on any atom is 0.494 e. The SMILES string of the molecule is CC(C)(C)OC(=O)N1CCN(c2ccc(B3OC(C)(C)C(C)(C)O3)cc2F)CC1.C[C@@H](Oc1cc(-c2ccc(N3CCN(C(=O)OC(C)(C)C)CC3)c(F)c2)cc2ncn(C3CC3)c12)[C@H]1CNC(=O)C1.C[C@@H](Oc1cc(Br)cc2ncn(C3CC3)c12)[C@H]1CNC(=O)C1. The van der Waals surface area contributed by atoms with Crippen LogP contribution in [0.2, 0.25) is 0 Å². The molecule has 4 atom stereocenters. The molecule has 2 aromatic heterocycles. The number of nitrogens with one attached hydrogen (secondary N) is 2. The molecular formula is C68H88BBrF2N10O10. The molecule has 92 heavy (non-hydrogen) atoms. The van der Waals surface area contributed by atoms with Crippen LogP contribution in [0.15, 0.2) is 77.8 Å².